The van der Waals surface area contributed by atoms with Crippen LogP contribution >= 0.6 is 0 Å². The highest BCUT2D eigenvalue weighted by molar-refractivity contribution is 5.78. The van der Waals surface area contributed by atoms with Crippen LogP contribution in [0.5, 0.6) is 0 Å². The summed E-state index contributed by atoms with van der Waals surface area (Å²) < 4.78 is 7.06. The van der Waals surface area contributed by atoms with Gasteiger partial charge in [0.2, 0.25) is 0 Å². The summed E-state index contributed by atoms with van der Waals surface area (Å²) in [5.74, 6) is -0.0408. The molecule has 1 atom stereocenters. The lowest BCUT2D eigenvalue weighted by molar-refractivity contribution is -0.146. The fourth-order valence-electron chi connectivity index (χ4n) is 2.03. The van der Waals surface area contributed by atoms with Crippen molar-refractivity contribution in [1.82, 2.24) is 14.8 Å². The molecule has 0 spiro atoms. The van der Waals surface area contributed by atoms with Crippen molar-refractivity contribution in [3.63, 3.8) is 0 Å². The van der Waals surface area contributed by atoms with Gasteiger partial charge in [0, 0.05) is 11.7 Å². The molecule has 21 heavy (non-hydrogen) atoms. The number of aromatic nitrogens is 3. The number of hydrogen-bond acceptors (Lipinski definition) is 5. The van der Waals surface area contributed by atoms with Crippen LogP contribution in [0.25, 0.3) is 0 Å². The molecule has 0 bridgehead atoms. The smallest absolute Gasteiger partial charge is 0.313 e. The van der Waals surface area contributed by atoms with Crippen molar-refractivity contribution < 1.29 is 9.53 Å². The van der Waals surface area contributed by atoms with E-state index in [9.17, 15) is 4.79 Å². The summed E-state index contributed by atoms with van der Waals surface area (Å²) >= 11 is 0. The predicted molar refractivity (Wildman–Crippen MR) is 79.5 cm³/mol. The van der Waals surface area contributed by atoms with E-state index in [0.29, 0.717) is 11.5 Å². The number of carbonyl (C=O) groups excluding carboxylic acids is 1. The van der Waals surface area contributed by atoms with Crippen LogP contribution in [0.15, 0.2) is 30.6 Å². The fourth-order valence-corrected chi connectivity index (χ4v) is 2.03. The van der Waals surface area contributed by atoms with Crippen molar-refractivity contribution in [2.75, 3.05) is 5.73 Å². The SMILES string of the molecule is CC(C(=O)OCc1ncnn1C(C)C)c1cccc(N)c1. The molecular weight excluding hydrogens is 268 g/mol. The highest BCUT2D eigenvalue weighted by Crippen LogP contribution is 2.19. The molecule has 2 rings (SSSR count). The van der Waals surface area contributed by atoms with Crippen LogP contribution < -0.4 is 5.73 Å². The molecule has 0 aliphatic rings. The van der Waals surface area contributed by atoms with E-state index >= 15 is 0 Å². The zero-order chi connectivity index (χ0) is 15.4. The van der Waals surface area contributed by atoms with Crippen molar-refractivity contribution >= 4 is 11.7 Å². The second-order valence-corrected chi connectivity index (χ2v) is 5.21. The maximum Gasteiger partial charge on any atom is 0.313 e. The Morgan fingerprint density at radius 2 is 2.14 bits per heavy atom. The molecule has 0 radical (unpaired) electrons. The summed E-state index contributed by atoms with van der Waals surface area (Å²) in [5, 5.41) is 4.11. The van der Waals surface area contributed by atoms with E-state index in [0.717, 1.165) is 5.56 Å². The largest absolute Gasteiger partial charge is 0.457 e. The van der Waals surface area contributed by atoms with Crippen LogP contribution in [-0.2, 0) is 16.1 Å². The topological polar surface area (TPSA) is 83.0 Å². The average Bonchev–Trinajstić information content (AvgIpc) is 2.92. The molecule has 2 aromatic rings. The molecule has 0 saturated heterocycles. The van der Waals surface area contributed by atoms with Crippen LogP contribution in [0.3, 0.4) is 0 Å². The maximum atomic E-state index is 12.1. The van der Waals surface area contributed by atoms with Crippen LogP contribution in [-0.4, -0.2) is 20.7 Å². The first kappa shape index (κ1) is 15.0. The number of hydrogen-bond donors (Lipinski definition) is 1. The van der Waals surface area contributed by atoms with E-state index in [4.69, 9.17) is 10.5 Å². The van der Waals surface area contributed by atoms with Gasteiger partial charge in [0.25, 0.3) is 0 Å². The second-order valence-electron chi connectivity index (χ2n) is 5.21. The van der Waals surface area contributed by atoms with Gasteiger partial charge in [0.15, 0.2) is 12.4 Å². The van der Waals surface area contributed by atoms with E-state index < -0.39 is 0 Å². The van der Waals surface area contributed by atoms with Crippen LogP contribution in [0.1, 0.15) is 44.1 Å². The summed E-state index contributed by atoms with van der Waals surface area (Å²) in [6.07, 6.45) is 1.46. The van der Waals surface area contributed by atoms with Crippen LogP contribution in [0.2, 0.25) is 0 Å². The molecule has 1 aromatic carbocycles. The van der Waals surface area contributed by atoms with E-state index in [1.165, 1.54) is 6.33 Å². The van der Waals surface area contributed by atoms with Crippen molar-refractivity contribution in [2.24, 2.45) is 0 Å². The molecule has 0 aliphatic carbocycles. The van der Waals surface area contributed by atoms with Gasteiger partial charge in [-0.1, -0.05) is 12.1 Å². The van der Waals surface area contributed by atoms with Crippen molar-refractivity contribution in [1.29, 1.82) is 0 Å². The molecular formula is C15H20N4O2. The van der Waals surface area contributed by atoms with Gasteiger partial charge in [-0.25, -0.2) is 9.67 Å². The van der Waals surface area contributed by atoms with Crippen LogP contribution in [0, 0.1) is 0 Å². The van der Waals surface area contributed by atoms with Crippen molar-refractivity contribution in [2.45, 2.75) is 39.3 Å². The second kappa shape index (κ2) is 6.39. The molecule has 6 heteroatoms. The first-order valence-electron chi connectivity index (χ1n) is 6.89. The van der Waals surface area contributed by atoms with Crippen molar-refractivity contribution in [3.8, 4) is 0 Å². The molecule has 0 aliphatic heterocycles. The van der Waals surface area contributed by atoms with E-state index in [1.54, 1.807) is 23.7 Å². The standard InChI is InChI=1S/C15H20N4O2/c1-10(2)19-14(17-9-18-19)8-21-15(20)11(3)12-5-4-6-13(16)7-12/h4-7,9-11H,8,16H2,1-3H3. The molecule has 1 unspecified atom stereocenters. The Balaban J connectivity index is 2.00. The molecule has 112 valence electrons. The molecule has 0 fully saturated rings. The van der Waals surface area contributed by atoms with E-state index in [2.05, 4.69) is 10.1 Å². The minimum absolute atomic E-state index is 0.115. The molecule has 6 nitrogen and oxygen atoms in total. The summed E-state index contributed by atoms with van der Waals surface area (Å²) in [6, 6.07) is 7.42. The third-order valence-electron chi connectivity index (χ3n) is 3.24. The molecule has 1 aromatic heterocycles. The number of nitrogen functional groups attached to an aromatic ring is 1. The summed E-state index contributed by atoms with van der Waals surface area (Å²) in [6.45, 7) is 5.90. The van der Waals surface area contributed by atoms with Crippen molar-refractivity contribution in [3.05, 3.63) is 42.0 Å². The van der Waals surface area contributed by atoms with Gasteiger partial charge in [0.05, 0.1) is 5.92 Å². The Labute approximate surface area is 123 Å². The van der Waals surface area contributed by atoms with Gasteiger partial charge in [-0.05, 0) is 38.5 Å². The van der Waals surface area contributed by atoms with Gasteiger partial charge in [0.1, 0.15) is 6.33 Å². The minimum Gasteiger partial charge on any atom is -0.457 e. The number of carbonyl (C=O) groups is 1. The number of ether oxygens (including phenoxy) is 1. The average molecular weight is 288 g/mol. The Morgan fingerprint density at radius 1 is 1.38 bits per heavy atom. The lowest BCUT2D eigenvalue weighted by atomic mass is 10.0. The number of nitrogens with two attached hydrogens (primary N) is 1. The van der Waals surface area contributed by atoms with Gasteiger partial charge in [-0.15, -0.1) is 0 Å². The lowest BCUT2D eigenvalue weighted by Gasteiger charge is -2.13. The highest BCUT2D eigenvalue weighted by atomic mass is 16.5. The first-order chi connectivity index (χ1) is 9.99. The summed E-state index contributed by atoms with van der Waals surface area (Å²) in [4.78, 5) is 16.2. The number of esters is 1. The van der Waals surface area contributed by atoms with Gasteiger partial charge >= 0.3 is 5.97 Å². The Bertz CT molecular complexity index is 622. The molecule has 0 amide bonds. The number of benzene rings is 1. The Morgan fingerprint density at radius 3 is 2.81 bits per heavy atom. The zero-order valence-electron chi connectivity index (χ0n) is 12.5. The summed E-state index contributed by atoms with van der Waals surface area (Å²) in [5.41, 5.74) is 7.20. The highest BCUT2D eigenvalue weighted by Gasteiger charge is 2.18. The van der Waals surface area contributed by atoms with E-state index in [1.807, 2.05) is 26.0 Å². The Kier molecular flexibility index (Phi) is 4.57. The maximum absolute atomic E-state index is 12.1. The third-order valence-corrected chi connectivity index (χ3v) is 3.24. The number of nitrogens with zero attached hydrogens (tertiary/aromatic N) is 3. The number of rotatable bonds is 5. The predicted octanol–water partition coefficient (Wildman–Crippen LogP) is 2.29. The third kappa shape index (κ3) is 3.59. The summed E-state index contributed by atoms with van der Waals surface area (Å²) in [7, 11) is 0. The van der Waals surface area contributed by atoms with Gasteiger partial charge < -0.3 is 10.5 Å². The zero-order valence-corrected chi connectivity index (χ0v) is 12.5. The Hall–Kier alpha value is -2.37. The van der Waals surface area contributed by atoms with Crippen LogP contribution in [0.4, 0.5) is 5.69 Å². The van der Waals surface area contributed by atoms with Gasteiger partial charge in [-0.3, -0.25) is 4.79 Å². The van der Waals surface area contributed by atoms with Gasteiger partial charge in [-0.2, -0.15) is 5.10 Å². The molecule has 0 saturated carbocycles. The molecule has 1 heterocycles. The minimum atomic E-state index is -0.371. The van der Waals surface area contributed by atoms with E-state index in [-0.39, 0.29) is 24.5 Å². The quantitative estimate of drug-likeness (QED) is 0.674. The normalized spacial score (nSPS) is 12.4. The monoisotopic (exact) mass is 288 g/mol. The molecule has 2 N–H and O–H groups in total. The lowest BCUT2D eigenvalue weighted by Crippen LogP contribution is -2.16. The fraction of sp³-hybridized carbons (Fsp3) is 0.400. The number of anilines is 1. The first-order valence-corrected chi connectivity index (χ1v) is 6.89.